The molecule has 0 bridgehead atoms. The van der Waals surface area contributed by atoms with Crippen LogP contribution in [0.5, 0.6) is 0 Å². The van der Waals surface area contributed by atoms with Crippen molar-refractivity contribution in [3.05, 3.63) is 42.0 Å². The quantitative estimate of drug-likeness (QED) is 0.578. The van der Waals surface area contributed by atoms with E-state index in [0.29, 0.717) is 0 Å². The molecule has 1 aromatic heterocycles. The number of halogens is 1. The zero-order valence-electron chi connectivity index (χ0n) is 6.71. The van der Waals surface area contributed by atoms with E-state index in [1.54, 1.807) is 12.3 Å². The third-order valence-electron chi connectivity index (χ3n) is 1.82. The van der Waals surface area contributed by atoms with E-state index < -0.39 is 0 Å². The van der Waals surface area contributed by atoms with Crippen LogP contribution in [0.2, 0.25) is 0 Å². The topological polar surface area (TPSA) is 12.9 Å². The Morgan fingerprint density at radius 3 is 2.83 bits per heavy atom. The van der Waals surface area contributed by atoms with Crippen molar-refractivity contribution in [2.75, 3.05) is 0 Å². The normalized spacial score (nSPS) is 10.5. The van der Waals surface area contributed by atoms with Gasteiger partial charge in [-0.05, 0) is 36.6 Å². The SMILES string of the molecule is Cc1cc2cc(F)ccc2cn1. The molecule has 2 rings (SSSR count). The maximum absolute atomic E-state index is 12.7. The van der Waals surface area contributed by atoms with Gasteiger partial charge < -0.3 is 0 Å². The van der Waals surface area contributed by atoms with Gasteiger partial charge in [-0.25, -0.2) is 4.39 Å². The van der Waals surface area contributed by atoms with Crippen LogP contribution in [-0.4, -0.2) is 4.98 Å². The second-order valence-corrected chi connectivity index (χ2v) is 2.82. The van der Waals surface area contributed by atoms with Gasteiger partial charge in [0.1, 0.15) is 5.82 Å². The summed E-state index contributed by atoms with van der Waals surface area (Å²) in [6, 6.07) is 6.57. The number of pyridine rings is 1. The van der Waals surface area contributed by atoms with Crippen LogP contribution in [-0.2, 0) is 0 Å². The van der Waals surface area contributed by atoms with Gasteiger partial charge in [-0.2, -0.15) is 0 Å². The molecule has 2 heteroatoms. The molecule has 2 aromatic rings. The fourth-order valence-electron chi connectivity index (χ4n) is 1.22. The molecule has 12 heavy (non-hydrogen) atoms. The number of aromatic nitrogens is 1. The zero-order valence-corrected chi connectivity index (χ0v) is 6.71. The van der Waals surface area contributed by atoms with Crippen LogP contribution in [0.25, 0.3) is 10.8 Å². The summed E-state index contributed by atoms with van der Waals surface area (Å²) in [5, 5.41) is 1.88. The number of hydrogen-bond acceptors (Lipinski definition) is 1. The standard InChI is InChI=1S/C10H8FN/c1-7-4-9-5-10(11)3-2-8(9)6-12-7/h2-6H,1H3. The van der Waals surface area contributed by atoms with Gasteiger partial charge in [0.05, 0.1) is 0 Å². The first kappa shape index (κ1) is 7.22. The summed E-state index contributed by atoms with van der Waals surface area (Å²) in [6.07, 6.45) is 1.75. The Kier molecular flexibility index (Phi) is 1.54. The van der Waals surface area contributed by atoms with E-state index in [-0.39, 0.29) is 5.82 Å². The summed E-state index contributed by atoms with van der Waals surface area (Å²) in [5.74, 6) is -0.201. The lowest BCUT2D eigenvalue weighted by Gasteiger charge is -1.97. The largest absolute Gasteiger partial charge is 0.261 e. The average Bonchev–Trinajstić information content (AvgIpc) is 2.03. The molecule has 1 nitrogen and oxygen atoms in total. The first-order valence-electron chi connectivity index (χ1n) is 3.77. The Hall–Kier alpha value is -1.44. The molecule has 0 aliphatic rings. The predicted molar refractivity (Wildman–Crippen MR) is 46.4 cm³/mol. The minimum Gasteiger partial charge on any atom is -0.261 e. The molecule has 0 unspecified atom stereocenters. The van der Waals surface area contributed by atoms with Crippen LogP contribution in [0, 0.1) is 12.7 Å². The second kappa shape index (κ2) is 2.55. The van der Waals surface area contributed by atoms with Gasteiger partial charge in [0, 0.05) is 17.3 Å². The van der Waals surface area contributed by atoms with E-state index in [0.717, 1.165) is 16.5 Å². The average molecular weight is 161 g/mol. The Labute approximate surface area is 69.9 Å². The predicted octanol–water partition coefficient (Wildman–Crippen LogP) is 2.68. The molecule has 1 aromatic carbocycles. The van der Waals surface area contributed by atoms with Gasteiger partial charge >= 0.3 is 0 Å². The van der Waals surface area contributed by atoms with Gasteiger partial charge in [0.25, 0.3) is 0 Å². The molecule has 0 amide bonds. The summed E-state index contributed by atoms with van der Waals surface area (Å²) in [5.41, 5.74) is 0.910. The third kappa shape index (κ3) is 1.16. The number of benzene rings is 1. The van der Waals surface area contributed by atoms with Crippen LogP contribution in [0.3, 0.4) is 0 Å². The Morgan fingerprint density at radius 2 is 2.00 bits per heavy atom. The molecular weight excluding hydrogens is 153 g/mol. The fraction of sp³-hybridized carbons (Fsp3) is 0.100. The number of nitrogens with zero attached hydrogens (tertiary/aromatic N) is 1. The van der Waals surface area contributed by atoms with Crippen molar-refractivity contribution >= 4 is 10.8 Å². The highest BCUT2D eigenvalue weighted by Crippen LogP contribution is 2.14. The number of aryl methyl sites for hydroxylation is 1. The lowest BCUT2D eigenvalue weighted by Crippen LogP contribution is -1.81. The number of rotatable bonds is 0. The summed E-state index contributed by atoms with van der Waals surface area (Å²) in [7, 11) is 0. The van der Waals surface area contributed by atoms with Gasteiger partial charge in [0.15, 0.2) is 0 Å². The molecular formula is C10H8FN. The van der Waals surface area contributed by atoms with Crippen LogP contribution < -0.4 is 0 Å². The van der Waals surface area contributed by atoms with Gasteiger partial charge in [0.2, 0.25) is 0 Å². The van der Waals surface area contributed by atoms with Crippen molar-refractivity contribution in [3.63, 3.8) is 0 Å². The Bertz CT molecular complexity index is 386. The lowest BCUT2D eigenvalue weighted by atomic mass is 10.1. The molecule has 0 fully saturated rings. The zero-order chi connectivity index (χ0) is 8.55. The molecule has 0 saturated carbocycles. The van der Waals surface area contributed by atoms with E-state index in [2.05, 4.69) is 4.98 Å². The molecule has 0 atom stereocenters. The van der Waals surface area contributed by atoms with E-state index in [9.17, 15) is 4.39 Å². The molecule has 0 radical (unpaired) electrons. The van der Waals surface area contributed by atoms with Crippen molar-refractivity contribution in [1.82, 2.24) is 4.98 Å². The summed E-state index contributed by atoms with van der Waals surface area (Å²) < 4.78 is 12.7. The van der Waals surface area contributed by atoms with Crippen molar-refractivity contribution in [3.8, 4) is 0 Å². The molecule has 0 N–H and O–H groups in total. The van der Waals surface area contributed by atoms with Crippen molar-refractivity contribution in [1.29, 1.82) is 0 Å². The van der Waals surface area contributed by atoms with Crippen LogP contribution in [0.4, 0.5) is 4.39 Å². The lowest BCUT2D eigenvalue weighted by molar-refractivity contribution is 0.629. The van der Waals surface area contributed by atoms with E-state index in [1.165, 1.54) is 12.1 Å². The van der Waals surface area contributed by atoms with Crippen molar-refractivity contribution < 1.29 is 4.39 Å². The second-order valence-electron chi connectivity index (χ2n) is 2.82. The fourth-order valence-corrected chi connectivity index (χ4v) is 1.22. The monoisotopic (exact) mass is 161 g/mol. The minimum atomic E-state index is -0.201. The highest BCUT2D eigenvalue weighted by Gasteiger charge is 1.95. The number of hydrogen-bond donors (Lipinski definition) is 0. The smallest absolute Gasteiger partial charge is 0.123 e. The molecule has 0 aliphatic carbocycles. The molecule has 0 saturated heterocycles. The third-order valence-corrected chi connectivity index (χ3v) is 1.82. The van der Waals surface area contributed by atoms with E-state index >= 15 is 0 Å². The Morgan fingerprint density at radius 1 is 1.17 bits per heavy atom. The van der Waals surface area contributed by atoms with Crippen LogP contribution in [0.1, 0.15) is 5.69 Å². The van der Waals surface area contributed by atoms with Crippen LogP contribution >= 0.6 is 0 Å². The summed E-state index contributed by atoms with van der Waals surface area (Å²) in [6.45, 7) is 1.89. The Balaban J connectivity index is 2.80. The minimum absolute atomic E-state index is 0.201. The molecule has 0 spiro atoms. The van der Waals surface area contributed by atoms with Gasteiger partial charge in [-0.15, -0.1) is 0 Å². The van der Waals surface area contributed by atoms with E-state index in [4.69, 9.17) is 0 Å². The molecule has 60 valence electrons. The molecule has 1 heterocycles. The summed E-state index contributed by atoms with van der Waals surface area (Å²) >= 11 is 0. The highest BCUT2D eigenvalue weighted by molar-refractivity contribution is 5.81. The number of fused-ring (bicyclic) bond motifs is 1. The first-order chi connectivity index (χ1) is 5.75. The highest BCUT2D eigenvalue weighted by atomic mass is 19.1. The maximum Gasteiger partial charge on any atom is 0.123 e. The maximum atomic E-state index is 12.7. The van der Waals surface area contributed by atoms with Crippen molar-refractivity contribution in [2.45, 2.75) is 6.92 Å². The van der Waals surface area contributed by atoms with E-state index in [1.807, 2.05) is 13.0 Å². The summed E-state index contributed by atoms with van der Waals surface area (Å²) in [4.78, 5) is 4.11. The van der Waals surface area contributed by atoms with Gasteiger partial charge in [-0.3, -0.25) is 4.98 Å². The van der Waals surface area contributed by atoms with Crippen LogP contribution in [0.15, 0.2) is 30.5 Å². The molecule has 0 aliphatic heterocycles. The van der Waals surface area contributed by atoms with Crippen molar-refractivity contribution in [2.24, 2.45) is 0 Å². The first-order valence-corrected chi connectivity index (χ1v) is 3.77. The van der Waals surface area contributed by atoms with Gasteiger partial charge in [-0.1, -0.05) is 0 Å².